The third-order valence-electron chi connectivity index (χ3n) is 4.69. The van der Waals surface area contributed by atoms with E-state index in [0.29, 0.717) is 5.56 Å². The summed E-state index contributed by atoms with van der Waals surface area (Å²) in [6, 6.07) is 8.46. The number of benzene rings is 1. The number of methoxy groups -OCH3 is 1. The van der Waals surface area contributed by atoms with Gasteiger partial charge in [-0.25, -0.2) is 0 Å². The Balaban J connectivity index is 3.00. The zero-order valence-electron chi connectivity index (χ0n) is 15.2. The molecule has 1 aromatic rings. The van der Waals surface area contributed by atoms with Crippen LogP contribution >= 0.6 is 0 Å². The van der Waals surface area contributed by atoms with Gasteiger partial charge in [0.1, 0.15) is 5.41 Å². The molecular weight excluding hydrogens is 302 g/mol. The van der Waals surface area contributed by atoms with Crippen LogP contribution in [-0.2, 0) is 14.9 Å². The van der Waals surface area contributed by atoms with Crippen LogP contribution in [0, 0.1) is 5.92 Å². The van der Waals surface area contributed by atoms with E-state index in [0.717, 1.165) is 5.57 Å². The summed E-state index contributed by atoms with van der Waals surface area (Å²) >= 11 is 0. The van der Waals surface area contributed by atoms with Crippen LogP contribution in [0.5, 0.6) is 0 Å². The molecule has 3 N–H and O–H groups in total. The van der Waals surface area contributed by atoms with Crippen molar-refractivity contribution in [1.29, 1.82) is 0 Å². The number of carboxylic acids is 1. The maximum Gasteiger partial charge on any atom is 0.315 e. The molecule has 0 aliphatic heterocycles. The number of hydrogen-bond donors (Lipinski definition) is 2. The molecule has 0 bridgehead atoms. The Morgan fingerprint density at radius 2 is 1.88 bits per heavy atom. The SMILES string of the molecule is COC(C)C(C)C=C(C)C=CC(N)C(C)(C(=O)O)c1ccccc1. The zero-order chi connectivity index (χ0) is 18.3. The number of nitrogens with two attached hydrogens (primary N) is 1. The number of carboxylic acid groups (broad SMARTS) is 1. The Morgan fingerprint density at radius 3 is 2.38 bits per heavy atom. The van der Waals surface area contributed by atoms with Crippen LogP contribution in [0.3, 0.4) is 0 Å². The highest BCUT2D eigenvalue weighted by atomic mass is 16.5. The van der Waals surface area contributed by atoms with Gasteiger partial charge in [0, 0.05) is 19.1 Å². The monoisotopic (exact) mass is 331 g/mol. The summed E-state index contributed by atoms with van der Waals surface area (Å²) in [7, 11) is 1.69. The van der Waals surface area contributed by atoms with Crippen LogP contribution in [0.4, 0.5) is 0 Å². The average Bonchev–Trinajstić information content (AvgIpc) is 2.58. The minimum absolute atomic E-state index is 0.121. The van der Waals surface area contributed by atoms with Gasteiger partial charge in [-0.15, -0.1) is 0 Å². The van der Waals surface area contributed by atoms with E-state index in [1.165, 1.54) is 0 Å². The van der Waals surface area contributed by atoms with Gasteiger partial charge in [0.2, 0.25) is 0 Å². The van der Waals surface area contributed by atoms with Crippen LogP contribution in [0.15, 0.2) is 54.1 Å². The Morgan fingerprint density at radius 1 is 1.29 bits per heavy atom. The minimum atomic E-state index is -1.18. The van der Waals surface area contributed by atoms with Crippen LogP contribution in [0.1, 0.15) is 33.3 Å². The number of allylic oxidation sites excluding steroid dienone is 2. The van der Waals surface area contributed by atoms with Gasteiger partial charge in [0.15, 0.2) is 0 Å². The first-order valence-corrected chi connectivity index (χ1v) is 8.17. The zero-order valence-corrected chi connectivity index (χ0v) is 15.2. The van der Waals surface area contributed by atoms with Gasteiger partial charge in [0.05, 0.1) is 6.10 Å². The summed E-state index contributed by atoms with van der Waals surface area (Å²) in [5, 5.41) is 9.73. The van der Waals surface area contributed by atoms with Crippen LogP contribution in [-0.4, -0.2) is 30.3 Å². The Bertz CT molecular complexity index is 594. The van der Waals surface area contributed by atoms with E-state index < -0.39 is 17.4 Å². The van der Waals surface area contributed by atoms with E-state index >= 15 is 0 Å². The lowest BCUT2D eigenvalue weighted by Crippen LogP contribution is -2.48. The van der Waals surface area contributed by atoms with E-state index in [1.54, 1.807) is 32.2 Å². The molecule has 132 valence electrons. The van der Waals surface area contributed by atoms with Crippen molar-refractivity contribution in [2.75, 3.05) is 7.11 Å². The highest BCUT2D eigenvalue weighted by molar-refractivity contribution is 5.82. The molecule has 0 spiro atoms. The topological polar surface area (TPSA) is 72.5 Å². The molecule has 0 saturated heterocycles. The Labute approximate surface area is 145 Å². The molecule has 0 aliphatic rings. The number of hydrogen-bond acceptors (Lipinski definition) is 3. The van der Waals surface area contributed by atoms with Crippen LogP contribution in [0.25, 0.3) is 0 Å². The van der Waals surface area contributed by atoms with Crippen molar-refractivity contribution in [1.82, 2.24) is 0 Å². The molecule has 4 nitrogen and oxygen atoms in total. The molecule has 0 heterocycles. The second kappa shape index (κ2) is 8.81. The molecule has 4 unspecified atom stereocenters. The molecule has 0 aliphatic carbocycles. The number of ether oxygens (including phenoxy) is 1. The van der Waals surface area contributed by atoms with Crippen molar-refractivity contribution in [2.24, 2.45) is 11.7 Å². The third-order valence-corrected chi connectivity index (χ3v) is 4.69. The first kappa shape index (κ1) is 20.1. The highest BCUT2D eigenvalue weighted by Gasteiger charge is 2.40. The molecule has 1 rings (SSSR count). The fraction of sp³-hybridized carbons (Fsp3) is 0.450. The maximum absolute atomic E-state index is 11.9. The summed E-state index contributed by atoms with van der Waals surface area (Å²) in [6.07, 6.45) is 5.86. The molecule has 0 saturated carbocycles. The minimum Gasteiger partial charge on any atom is -0.481 e. The lowest BCUT2D eigenvalue weighted by molar-refractivity contribution is -0.143. The van der Waals surface area contributed by atoms with E-state index in [1.807, 2.05) is 38.1 Å². The summed E-state index contributed by atoms with van der Waals surface area (Å²) in [5.74, 6) is -0.676. The highest BCUT2D eigenvalue weighted by Crippen LogP contribution is 2.28. The lowest BCUT2D eigenvalue weighted by Gasteiger charge is -2.30. The first-order chi connectivity index (χ1) is 11.2. The van der Waals surface area contributed by atoms with E-state index in [4.69, 9.17) is 10.5 Å². The van der Waals surface area contributed by atoms with Gasteiger partial charge >= 0.3 is 5.97 Å². The van der Waals surface area contributed by atoms with Gasteiger partial charge in [-0.05, 0) is 26.3 Å². The van der Waals surface area contributed by atoms with Gasteiger partial charge in [-0.3, -0.25) is 4.79 Å². The standard InChI is InChI=1S/C20H29NO3/c1-14(13-15(2)16(3)24-5)11-12-18(21)20(4,19(22)23)17-9-7-6-8-10-17/h6-13,15-16,18H,21H2,1-5H3,(H,22,23). The number of aliphatic carboxylic acids is 1. The van der Waals surface area contributed by atoms with Crippen LogP contribution < -0.4 is 5.73 Å². The van der Waals surface area contributed by atoms with Crippen molar-refractivity contribution < 1.29 is 14.6 Å². The van der Waals surface area contributed by atoms with E-state index in [9.17, 15) is 9.90 Å². The molecule has 4 atom stereocenters. The Hall–Kier alpha value is -1.91. The number of carbonyl (C=O) groups is 1. The van der Waals surface area contributed by atoms with Gasteiger partial charge in [-0.2, -0.15) is 0 Å². The predicted molar refractivity (Wildman–Crippen MR) is 97.9 cm³/mol. The van der Waals surface area contributed by atoms with E-state index in [-0.39, 0.29) is 12.0 Å². The lowest BCUT2D eigenvalue weighted by atomic mass is 9.76. The quantitative estimate of drug-likeness (QED) is 0.715. The second-order valence-electron chi connectivity index (χ2n) is 6.47. The third kappa shape index (κ3) is 4.79. The summed E-state index contributed by atoms with van der Waals surface area (Å²) in [4.78, 5) is 11.9. The van der Waals surface area contributed by atoms with Crippen molar-refractivity contribution in [3.8, 4) is 0 Å². The Kier molecular flexibility index (Phi) is 7.39. The largest absolute Gasteiger partial charge is 0.481 e. The second-order valence-corrected chi connectivity index (χ2v) is 6.47. The van der Waals surface area contributed by atoms with Gasteiger partial charge in [-0.1, -0.05) is 61.1 Å². The summed E-state index contributed by atoms with van der Waals surface area (Å²) < 4.78 is 5.31. The van der Waals surface area contributed by atoms with Crippen LogP contribution in [0.2, 0.25) is 0 Å². The van der Waals surface area contributed by atoms with Crippen molar-refractivity contribution in [3.63, 3.8) is 0 Å². The molecule has 24 heavy (non-hydrogen) atoms. The van der Waals surface area contributed by atoms with Crippen molar-refractivity contribution >= 4 is 5.97 Å². The smallest absolute Gasteiger partial charge is 0.315 e. The van der Waals surface area contributed by atoms with Crippen molar-refractivity contribution in [2.45, 2.75) is 45.3 Å². The fourth-order valence-corrected chi connectivity index (χ4v) is 2.51. The molecule has 0 radical (unpaired) electrons. The molecule has 1 aromatic carbocycles. The fourth-order valence-electron chi connectivity index (χ4n) is 2.51. The predicted octanol–water partition coefficient (Wildman–Crippen LogP) is 3.53. The molecule has 0 fully saturated rings. The number of rotatable bonds is 8. The maximum atomic E-state index is 11.9. The molecule has 4 heteroatoms. The molecular formula is C20H29NO3. The first-order valence-electron chi connectivity index (χ1n) is 8.17. The van der Waals surface area contributed by atoms with Gasteiger partial charge < -0.3 is 15.6 Å². The summed E-state index contributed by atoms with van der Waals surface area (Å²) in [5.41, 5.74) is 6.78. The molecule has 0 amide bonds. The normalized spacial score (nSPS) is 18.8. The molecule has 0 aromatic heterocycles. The van der Waals surface area contributed by atoms with Gasteiger partial charge in [0.25, 0.3) is 0 Å². The van der Waals surface area contributed by atoms with Crippen molar-refractivity contribution in [3.05, 3.63) is 59.7 Å². The van der Waals surface area contributed by atoms with E-state index in [2.05, 4.69) is 13.0 Å². The average molecular weight is 331 g/mol. The summed E-state index contributed by atoms with van der Waals surface area (Å²) in [6.45, 7) is 7.73.